The predicted octanol–water partition coefficient (Wildman–Crippen LogP) is 5.20. The van der Waals surface area contributed by atoms with Crippen molar-refractivity contribution in [1.82, 2.24) is 15.5 Å². The van der Waals surface area contributed by atoms with E-state index in [1.807, 2.05) is 31.2 Å². The van der Waals surface area contributed by atoms with Crippen molar-refractivity contribution in [2.24, 2.45) is 5.92 Å². The largest absolute Gasteiger partial charge is 0.451 e. The van der Waals surface area contributed by atoms with Crippen LogP contribution in [0.25, 0.3) is 11.0 Å². The summed E-state index contributed by atoms with van der Waals surface area (Å²) in [5.41, 5.74) is 1.69. The minimum Gasteiger partial charge on any atom is -0.451 e. The molecule has 0 saturated heterocycles. The summed E-state index contributed by atoms with van der Waals surface area (Å²) in [7, 11) is 0. The summed E-state index contributed by atoms with van der Waals surface area (Å²) in [5, 5.41) is 13.3. The summed E-state index contributed by atoms with van der Waals surface area (Å²) in [5.74, 6) is 1.55. The maximum absolute atomic E-state index is 12.9. The number of furan rings is 1. The zero-order valence-electron chi connectivity index (χ0n) is 15.4. The van der Waals surface area contributed by atoms with Gasteiger partial charge in [-0.05, 0) is 31.7 Å². The van der Waals surface area contributed by atoms with Crippen LogP contribution in [-0.4, -0.2) is 22.6 Å². The van der Waals surface area contributed by atoms with Crippen molar-refractivity contribution >= 4 is 40.0 Å². The lowest BCUT2D eigenvalue weighted by molar-refractivity contribution is 0.0917. The zero-order chi connectivity index (χ0) is 18.6. The van der Waals surface area contributed by atoms with Crippen LogP contribution in [0.15, 0.2) is 33.0 Å². The van der Waals surface area contributed by atoms with Crippen LogP contribution in [0.2, 0.25) is 0 Å². The number of thioether (sulfide) groups is 1. The first-order valence-electron chi connectivity index (χ1n) is 9.42. The average molecular weight is 402 g/mol. The van der Waals surface area contributed by atoms with Crippen LogP contribution in [0.1, 0.15) is 53.2 Å². The van der Waals surface area contributed by atoms with Gasteiger partial charge < -0.3 is 9.73 Å². The SMILES string of the molecule is Cc1nnc(SCc2c(C(=O)NCC3CCCCC3)oc3ccccc23)s1. The van der Waals surface area contributed by atoms with Crippen molar-refractivity contribution in [3.8, 4) is 0 Å². The average Bonchev–Trinajstić information content (AvgIpc) is 3.28. The van der Waals surface area contributed by atoms with Gasteiger partial charge in [0.25, 0.3) is 5.91 Å². The van der Waals surface area contributed by atoms with Crippen LogP contribution >= 0.6 is 23.1 Å². The summed E-state index contributed by atoms with van der Waals surface area (Å²) >= 11 is 3.16. The molecule has 27 heavy (non-hydrogen) atoms. The number of hydrogen-bond acceptors (Lipinski definition) is 6. The number of nitrogens with zero attached hydrogens (tertiary/aromatic N) is 2. The highest BCUT2D eigenvalue weighted by Gasteiger charge is 2.22. The second-order valence-electron chi connectivity index (χ2n) is 7.00. The smallest absolute Gasteiger partial charge is 0.287 e. The molecule has 2 aromatic heterocycles. The molecule has 0 unspecified atom stereocenters. The molecule has 2 heterocycles. The Morgan fingerprint density at radius 3 is 2.85 bits per heavy atom. The second-order valence-corrected chi connectivity index (χ2v) is 9.40. The third-order valence-corrected chi connectivity index (χ3v) is 7.03. The Balaban J connectivity index is 1.52. The van der Waals surface area contributed by atoms with Crippen molar-refractivity contribution < 1.29 is 9.21 Å². The number of rotatable bonds is 6. The van der Waals surface area contributed by atoms with Gasteiger partial charge in [-0.1, -0.05) is 60.6 Å². The molecular formula is C20H23N3O2S2. The molecule has 142 valence electrons. The molecule has 0 aliphatic heterocycles. The normalized spacial score (nSPS) is 15.3. The van der Waals surface area contributed by atoms with Gasteiger partial charge in [-0.25, -0.2) is 0 Å². The third-order valence-electron chi connectivity index (χ3n) is 5.03. The highest BCUT2D eigenvalue weighted by Crippen LogP contribution is 2.33. The van der Waals surface area contributed by atoms with Crippen molar-refractivity contribution in [2.75, 3.05) is 6.54 Å². The first kappa shape index (κ1) is 18.5. The van der Waals surface area contributed by atoms with E-state index in [-0.39, 0.29) is 5.91 Å². The van der Waals surface area contributed by atoms with Crippen LogP contribution in [0, 0.1) is 12.8 Å². The molecule has 1 saturated carbocycles. The lowest BCUT2D eigenvalue weighted by Crippen LogP contribution is -2.30. The van der Waals surface area contributed by atoms with E-state index in [4.69, 9.17) is 4.42 Å². The van der Waals surface area contributed by atoms with Gasteiger partial charge >= 0.3 is 0 Å². The zero-order valence-corrected chi connectivity index (χ0v) is 17.0. The molecule has 0 spiro atoms. The summed E-state index contributed by atoms with van der Waals surface area (Å²) in [4.78, 5) is 12.9. The molecule has 3 aromatic rings. The molecule has 0 bridgehead atoms. The number of carbonyl (C=O) groups is 1. The molecule has 1 aliphatic carbocycles. The van der Waals surface area contributed by atoms with Gasteiger partial charge in [0.1, 0.15) is 10.6 Å². The number of fused-ring (bicyclic) bond motifs is 1. The standard InChI is InChI=1S/C20H23N3O2S2/c1-13-22-23-20(27-13)26-12-16-15-9-5-6-10-17(15)25-18(16)19(24)21-11-14-7-3-2-4-8-14/h5-6,9-10,14H,2-4,7-8,11-12H2,1H3,(H,21,24). The van der Waals surface area contributed by atoms with E-state index in [9.17, 15) is 4.79 Å². The lowest BCUT2D eigenvalue weighted by atomic mass is 9.89. The first-order valence-corrected chi connectivity index (χ1v) is 11.2. The van der Waals surface area contributed by atoms with Gasteiger partial charge in [-0.15, -0.1) is 10.2 Å². The highest BCUT2D eigenvalue weighted by atomic mass is 32.2. The fourth-order valence-electron chi connectivity index (χ4n) is 3.60. The molecule has 1 aromatic carbocycles. The van der Waals surface area contributed by atoms with E-state index in [0.29, 0.717) is 17.4 Å². The molecule has 1 fully saturated rings. The fraction of sp³-hybridized carbons (Fsp3) is 0.450. The quantitative estimate of drug-likeness (QED) is 0.575. The Morgan fingerprint density at radius 1 is 1.26 bits per heavy atom. The molecule has 0 radical (unpaired) electrons. The Morgan fingerprint density at radius 2 is 2.07 bits per heavy atom. The monoisotopic (exact) mass is 401 g/mol. The van der Waals surface area contributed by atoms with E-state index in [2.05, 4.69) is 15.5 Å². The third kappa shape index (κ3) is 4.35. The highest BCUT2D eigenvalue weighted by molar-refractivity contribution is 8.00. The Hall–Kier alpha value is -1.86. The molecular weight excluding hydrogens is 378 g/mol. The summed E-state index contributed by atoms with van der Waals surface area (Å²) in [6, 6.07) is 7.83. The number of amides is 1. The van der Waals surface area contributed by atoms with E-state index in [1.54, 1.807) is 23.1 Å². The molecule has 7 heteroatoms. The Bertz CT molecular complexity index is 928. The number of aromatic nitrogens is 2. The van der Waals surface area contributed by atoms with Crippen LogP contribution in [0.3, 0.4) is 0 Å². The summed E-state index contributed by atoms with van der Waals surface area (Å²) in [6.07, 6.45) is 6.28. The number of carbonyl (C=O) groups excluding carboxylic acids is 1. The van der Waals surface area contributed by atoms with E-state index < -0.39 is 0 Å². The number of para-hydroxylation sites is 1. The van der Waals surface area contributed by atoms with Gasteiger partial charge in [-0.3, -0.25) is 4.79 Å². The lowest BCUT2D eigenvalue weighted by Gasteiger charge is -2.21. The van der Waals surface area contributed by atoms with Crippen molar-refractivity contribution in [1.29, 1.82) is 0 Å². The topological polar surface area (TPSA) is 68.0 Å². The van der Waals surface area contributed by atoms with Gasteiger partial charge in [0.05, 0.1) is 0 Å². The van der Waals surface area contributed by atoms with Crippen LogP contribution in [0.5, 0.6) is 0 Å². The van der Waals surface area contributed by atoms with Crippen molar-refractivity contribution in [3.63, 3.8) is 0 Å². The van der Waals surface area contributed by atoms with Gasteiger partial charge in [-0.2, -0.15) is 0 Å². The first-order chi connectivity index (χ1) is 13.2. The van der Waals surface area contributed by atoms with E-state index in [1.165, 1.54) is 32.1 Å². The molecule has 5 nitrogen and oxygen atoms in total. The molecule has 1 aliphatic rings. The van der Waals surface area contributed by atoms with Crippen molar-refractivity contribution in [2.45, 2.75) is 49.1 Å². The maximum atomic E-state index is 12.9. The number of aryl methyl sites for hydroxylation is 1. The van der Waals surface area contributed by atoms with Gasteiger partial charge in [0.15, 0.2) is 10.1 Å². The minimum atomic E-state index is -0.110. The minimum absolute atomic E-state index is 0.110. The number of nitrogens with one attached hydrogen (secondary N) is 1. The van der Waals surface area contributed by atoms with E-state index >= 15 is 0 Å². The maximum Gasteiger partial charge on any atom is 0.287 e. The van der Waals surface area contributed by atoms with Crippen molar-refractivity contribution in [3.05, 3.63) is 40.6 Å². The Labute approximate surface area is 166 Å². The number of hydrogen-bond donors (Lipinski definition) is 1. The molecule has 4 rings (SSSR count). The Kier molecular flexibility index (Phi) is 5.78. The van der Waals surface area contributed by atoms with Crippen LogP contribution in [-0.2, 0) is 5.75 Å². The predicted molar refractivity (Wildman–Crippen MR) is 109 cm³/mol. The molecule has 1 N–H and O–H groups in total. The molecule has 1 amide bonds. The molecule has 0 atom stereocenters. The second kappa shape index (κ2) is 8.44. The van der Waals surface area contributed by atoms with Gasteiger partial charge in [0, 0.05) is 23.2 Å². The summed E-state index contributed by atoms with van der Waals surface area (Å²) < 4.78 is 6.85. The fourth-order valence-corrected chi connectivity index (χ4v) is 5.45. The summed E-state index contributed by atoms with van der Waals surface area (Å²) in [6.45, 7) is 2.68. The van der Waals surface area contributed by atoms with Crippen LogP contribution < -0.4 is 5.32 Å². The van der Waals surface area contributed by atoms with Crippen LogP contribution in [0.4, 0.5) is 0 Å². The number of benzene rings is 1. The van der Waals surface area contributed by atoms with E-state index in [0.717, 1.165) is 32.4 Å². The van der Waals surface area contributed by atoms with Gasteiger partial charge in [0.2, 0.25) is 0 Å².